The van der Waals surface area contributed by atoms with Gasteiger partial charge >= 0.3 is 0 Å². The van der Waals surface area contributed by atoms with Crippen molar-refractivity contribution in [2.24, 2.45) is 0 Å². The van der Waals surface area contributed by atoms with Gasteiger partial charge in [-0.15, -0.1) is 5.10 Å². The molecule has 4 aromatic rings. The lowest BCUT2D eigenvalue weighted by molar-refractivity contribution is -0.113. The molecule has 36 heavy (non-hydrogen) atoms. The molecule has 0 radical (unpaired) electrons. The van der Waals surface area contributed by atoms with Gasteiger partial charge in [0.2, 0.25) is 11.1 Å². The third kappa shape index (κ3) is 4.96. The SMILES string of the molecule is CC1=C(C(=O)Nc2ccc(C)cc2C)C(c2ccc(Br)o2)n2nc(SCc3ccccc3Cl)nc2N1. The van der Waals surface area contributed by atoms with Crippen molar-refractivity contribution in [3.8, 4) is 0 Å². The lowest BCUT2D eigenvalue weighted by atomic mass is 9.99. The Kier molecular flexibility index (Phi) is 6.96. The highest BCUT2D eigenvalue weighted by Crippen LogP contribution is 2.38. The van der Waals surface area contributed by atoms with Gasteiger partial charge in [-0.1, -0.05) is 59.3 Å². The van der Waals surface area contributed by atoms with Crippen molar-refractivity contribution in [2.45, 2.75) is 37.7 Å². The molecule has 7 nitrogen and oxygen atoms in total. The Morgan fingerprint density at radius 3 is 2.72 bits per heavy atom. The van der Waals surface area contributed by atoms with Crippen molar-refractivity contribution in [2.75, 3.05) is 10.6 Å². The van der Waals surface area contributed by atoms with Gasteiger partial charge in [-0.2, -0.15) is 4.98 Å². The quantitative estimate of drug-likeness (QED) is 0.235. The van der Waals surface area contributed by atoms with Crippen molar-refractivity contribution in [1.82, 2.24) is 14.8 Å². The summed E-state index contributed by atoms with van der Waals surface area (Å²) in [6.45, 7) is 5.85. The summed E-state index contributed by atoms with van der Waals surface area (Å²) in [6, 6.07) is 16.7. The summed E-state index contributed by atoms with van der Waals surface area (Å²) in [5, 5.41) is 12.3. The fourth-order valence-corrected chi connectivity index (χ4v) is 5.56. The molecule has 2 N–H and O–H groups in total. The number of hydrogen-bond donors (Lipinski definition) is 2. The third-order valence-electron chi connectivity index (χ3n) is 5.89. The van der Waals surface area contributed by atoms with Gasteiger partial charge in [-0.3, -0.25) is 4.79 Å². The molecule has 1 unspecified atom stereocenters. The summed E-state index contributed by atoms with van der Waals surface area (Å²) in [5.41, 5.74) is 5.05. The van der Waals surface area contributed by atoms with E-state index in [1.54, 1.807) is 10.7 Å². The first-order chi connectivity index (χ1) is 17.3. The second kappa shape index (κ2) is 10.2. The highest BCUT2D eigenvalue weighted by molar-refractivity contribution is 9.10. The number of nitrogens with zero attached hydrogens (tertiary/aromatic N) is 3. The molecular formula is C26H23BrClN5O2S. The Morgan fingerprint density at radius 2 is 2.00 bits per heavy atom. The zero-order valence-corrected chi connectivity index (χ0v) is 23.0. The number of carbonyl (C=O) groups is 1. The molecule has 2 aromatic heterocycles. The number of aromatic nitrogens is 3. The van der Waals surface area contributed by atoms with Gasteiger partial charge in [0.1, 0.15) is 11.8 Å². The van der Waals surface area contributed by atoms with E-state index in [1.165, 1.54) is 11.8 Å². The average Bonchev–Trinajstić information content (AvgIpc) is 3.45. The van der Waals surface area contributed by atoms with Gasteiger partial charge in [0.25, 0.3) is 5.91 Å². The number of hydrogen-bond acceptors (Lipinski definition) is 6. The Labute approximate surface area is 226 Å². The number of fused-ring (bicyclic) bond motifs is 1. The molecule has 1 aliphatic rings. The minimum Gasteiger partial charge on any atom is -0.452 e. The number of thioether (sulfide) groups is 1. The van der Waals surface area contributed by atoms with Gasteiger partial charge in [-0.25, -0.2) is 4.68 Å². The van der Waals surface area contributed by atoms with E-state index in [9.17, 15) is 4.79 Å². The first-order valence-electron chi connectivity index (χ1n) is 11.2. The van der Waals surface area contributed by atoms with Crippen LogP contribution in [-0.4, -0.2) is 20.7 Å². The molecule has 0 saturated heterocycles. The molecule has 0 spiro atoms. The van der Waals surface area contributed by atoms with E-state index in [-0.39, 0.29) is 5.91 Å². The van der Waals surface area contributed by atoms with Crippen molar-refractivity contribution >= 4 is 56.8 Å². The Morgan fingerprint density at radius 1 is 1.19 bits per heavy atom. The van der Waals surface area contributed by atoms with Crippen LogP contribution in [0.5, 0.6) is 0 Å². The standard InChI is InChI=1S/C26H23BrClN5O2S/c1-14-8-9-19(15(2)12-14)30-24(34)22-16(3)29-25-31-26(36-13-17-6-4-5-7-18(17)28)32-33(25)23(22)20-10-11-21(27)35-20/h4-12,23H,13H2,1-3H3,(H,30,34)(H,29,31,32). The average molecular weight is 585 g/mol. The van der Waals surface area contributed by atoms with Crippen molar-refractivity contribution in [3.05, 3.63) is 98.0 Å². The van der Waals surface area contributed by atoms with Gasteiger partial charge in [0.15, 0.2) is 4.67 Å². The predicted molar refractivity (Wildman–Crippen MR) is 146 cm³/mol. The number of aryl methyl sites for hydroxylation is 2. The topological polar surface area (TPSA) is 85.0 Å². The summed E-state index contributed by atoms with van der Waals surface area (Å²) >= 11 is 11.2. The highest BCUT2D eigenvalue weighted by Gasteiger charge is 2.36. The smallest absolute Gasteiger partial charge is 0.256 e. The lowest BCUT2D eigenvalue weighted by Crippen LogP contribution is -2.31. The first kappa shape index (κ1) is 24.7. The van der Waals surface area contributed by atoms with Gasteiger partial charge in [0, 0.05) is 22.2 Å². The number of amides is 1. The minimum atomic E-state index is -0.597. The molecule has 1 aliphatic heterocycles. The molecular weight excluding hydrogens is 562 g/mol. The Bertz CT molecular complexity index is 1500. The third-order valence-corrected chi connectivity index (χ3v) is 7.57. The van der Waals surface area contributed by atoms with Crippen LogP contribution < -0.4 is 10.6 Å². The maximum Gasteiger partial charge on any atom is 0.256 e. The molecule has 10 heteroatoms. The second-order valence-corrected chi connectivity index (χ2v) is 10.7. The first-order valence-corrected chi connectivity index (χ1v) is 13.4. The van der Waals surface area contributed by atoms with E-state index in [0.717, 1.165) is 22.4 Å². The van der Waals surface area contributed by atoms with Crippen LogP contribution in [0.4, 0.5) is 11.6 Å². The second-order valence-electron chi connectivity index (χ2n) is 8.52. The minimum absolute atomic E-state index is 0.240. The Hall–Kier alpha value is -3.01. The van der Waals surface area contributed by atoms with Crippen LogP contribution in [0.25, 0.3) is 0 Å². The summed E-state index contributed by atoms with van der Waals surface area (Å²) < 4.78 is 8.18. The number of benzene rings is 2. The summed E-state index contributed by atoms with van der Waals surface area (Å²) in [7, 11) is 0. The van der Waals surface area contributed by atoms with Gasteiger partial charge in [0.05, 0.1) is 5.57 Å². The summed E-state index contributed by atoms with van der Waals surface area (Å²) in [4.78, 5) is 18.3. The molecule has 3 heterocycles. The van der Waals surface area contributed by atoms with E-state index in [1.807, 2.05) is 69.3 Å². The van der Waals surface area contributed by atoms with Crippen LogP contribution in [-0.2, 0) is 10.5 Å². The molecule has 2 aromatic carbocycles. The van der Waals surface area contributed by atoms with Crippen LogP contribution in [0.1, 0.15) is 35.4 Å². The number of anilines is 2. The van der Waals surface area contributed by atoms with Crippen molar-refractivity contribution in [1.29, 1.82) is 0 Å². The zero-order valence-electron chi connectivity index (χ0n) is 19.8. The van der Waals surface area contributed by atoms with Crippen LogP contribution in [0.3, 0.4) is 0 Å². The molecule has 1 atom stereocenters. The number of nitrogens with one attached hydrogen (secondary N) is 2. The lowest BCUT2D eigenvalue weighted by Gasteiger charge is -2.27. The molecule has 184 valence electrons. The monoisotopic (exact) mass is 583 g/mol. The maximum atomic E-state index is 13.6. The fraction of sp³-hybridized carbons (Fsp3) is 0.192. The number of halogens is 2. The van der Waals surface area contributed by atoms with Crippen molar-refractivity contribution < 1.29 is 9.21 Å². The number of furan rings is 1. The van der Waals surface area contributed by atoms with Crippen LogP contribution in [0, 0.1) is 13.8 Å². The fourth-order valence-electron chi connectivity index (χ4n) is 4.13. The maximum absolute atomic E-state index is 13.6. The molecule has 5 rings (SSSR count). The van der Waals surface area contributed by atoms with Crippen LogP contribution in [0.15, 0.2) is 80.1 Å². The normalized spacial score (nSPS) is 15.0. The van der Waals surface area contributed by atoms with Gasteiger partial charge in [-0.05, 0) is 72.1 Å². The predicted octanol–water partition coefficient (Wildman–Crippen LogP) is 7.12. The summed E-state index contributed by atoms with van der Waals surface area (Å²) in [6.07, 6.45) is 0. The number of carbonyl (C=O) groups excluding carboxylic acids is 1. The number of allylic oxidation sites excluding steroid dienone is 1. The van der Waals surface area contributed by atoms with Crippen LogP contribution in [0.2, 0.25) is 5.02 Å². The summed E-state index contributed by atoms with van der Waals surface area (Å²) in [5.74, 6) is 1.49. The largest absolute Gasteiger partial charge is 0.452 e. The van der Waals surface area contributed by atoms with E-state index < -0.39 is 6.04 Å². The Balaban J connectivity index is 1.48. The highest BCUT2D eigenvalue weighted by atomic mass is 79.9. The molecule has 0 saturated carbocycles. The molecule has 1 amide bonds. The zero-order chi connectivity index (χ0) is 25.4. The molecule has 0 aliphatic carbocycles. The van der Waals surface area contributed by atoms with Gasteiger partial charge < -0.3 is 15.1 Å². The molecule has 0 bridgehead atoms. The van der Waals surface area contributed by atoms with E-state index in [0.29, 0.717) is 43.6 Å². The molecule has 0 fully saturated rings. The van der Waals surface area contributed by atoms with E-state index >= 15 is 0 Å². The van der Waals surface area contributed by atoms with E-state index in [2.05, 4.69) is 31.5 Å². The van der Waals surface area contributed by atoms with Crippen LogP contribution >= 0.6 is 39.3 Å². The van der Waals surface area contributed by atoms with Crippen molar-refractivity contribution in [3.63, 3.8) is 0 Å². The number of rotatable bonds is 6. The van der Waals surface area contributed by atoms with E-state index in [4.69, 9.17) is 21.1 Å².